The van der Waals surface area contributed by atoms with Crippen LogP contribution in [0.5, 0.6) is 0 Å². The van der Waals surface area contributed by atoms with E-state index >= 15 is 0 Å². The molecule has 5 heteroatoms. The number of rotatable bonds is 4. The highest BCUT2D eigenvalue weighted by Crippen LogP contribution is 2.21. The zero-order chi connectivity index (χ0) is 14.0. The Morgan fingerprint density at radius 2 is 2.21 bits per heavy atom. The predicted molar refractivity (Wildman–Crippen MR) is 72.6 cm³/mol. The molecule has 0 saturated carbocycles. The maximum absolute atomic E-state index is 12.2. The quantitative estimate of drug-likeness (QED) is 0.838. The number of imide groups is 1. The Bertz CT molecular complexity index is 484. The normalized spacial score (nSPS) is 20.8. The topological polar surface area (TPSA) is 62.3 Å². The van der Waals surface area contributed by atoms with E-state index < -0.39 is 6.04 Å². The van der Waals surface area contributed by atoms with Gasteiger partial charge >= 0.3 is 0 Å². The van der Waals surface area contributed by atoms with Crippen LogP contribution in [0, 0.1) is 6.92 Å². The fourth-order valence-electron chi connectivity index (χ4n) is 2.16. The third-order valence-corrected chi connectivity index (χ3v) is 3.47. The number of hydrogen-bond acceptors (Lipinski definition) is 4. The van der Waals surface area contributed by atoms with E-state index in [0.717, 1.165) is 17.8 Å². The minimum absolute atomic E-state index is 0.0389. The number of aromatic nitrogens is 1. The van der Waals surface area contributed by atoms with Crippen LogP contribution in [0.2, 0.25) is 0 Å². The molecule has 2 amide bonds. The molecule has 1 saturated heterocycles. The maximum Gasteiger partial charge on any atom is 0.252 e. The van der Waals surface area contributed by atoms with Crippen molar-refractivity contribution in [3.8, 4) is 0 Å². The van der Waals surface area contributed by atoms with Crippen molar-refractivity contribution in [1.82, 2.24) is 9.88 Å². The van der Waals surface area contributed by atoms with Crippen LogP contribution in [-0.4, -0.2) is 33.8 Å². The minimum Gasteiger partial charge on any atom is -0.372 e. The molecule has 0 aliphatic carbocycles. The van der Waals surface area contributed by atoms with Crippen LogP contribution in [0.15, 0.2) is 18.3 Å². The molecule has 102 valence electrons. The van der Waals surface area contributed by atoms with E-state index in [4.69, 9.17) is 0 Å². The molecule has 0 radical (unpaired) electrons. The first kappa shape index (κ1) is 13.5. The van der Waals surface area contributed by atoms with Crippen LogP contribution >= 0.6 is 0 Å². The zero-order valence-corrected chi connectivity index (χ0v) is 11.5. The standard InChI is InChI=1S/C14H19N3O2/c1-4-10(3)17-13(18)7-12(14(17)19)16-11-6-5-9(2)15-8-11/h5-6,8,10,12,16H,4,7H2,1-3H3. The number of amides is 2. The first-order chi connectivity index (χ1) is 9.02. The monoisotopic (exact) mass is 261 g/mol. The molecule has 19 heavy (non-hydrogen) atoms. The Morgan fingerprint density at radius 1 is 1.47 bits per heavy atom. The van der Waals surface area contributed by atoms with Gasteiger partial charge in [0.05, 0.1) is 18.3 Å². The van der Waals surface area contributed by atoms with Gasteiger partial charge in [-0.3, -0.25) is 19.5 Å². The lowest BCUT2D eigenvalue weighted by Crippen LogP contribution is -2.40. The van der Waals surface area contributed by atoms with Gasteiger partial charge < -0.3 is 5.32 Å². The van der Waals surface area contributed by atoms with Crippen molar-refractivity contribution in [2.24, 2.45) is 0 Å². The van der Waals surface area contributed by atoms with E-state index in [2.05, 4.69) is 10.3 Å². The second-order valence-electron chi connectivity index (χ2n) is 4.95. The molecule has 2 rings (SSSR count). The number of carbonyl (C=O) groups excluding carboxylic acids is 2. The Hall–Kier alpha value is -1.91. The van der Waals surface area contributed by atoms with Gasteiger partial charge in [-0.2, -0.15) is 0 Å². The lowest BCUT2D eigenvalue weighted by Gasteiger charge is -2.21. The van der Waals surface area contributed by atoms with Crippen molar-refractivity contribution in [3.05, 3.63) is 24.0 Å². The second kappa shape index (κ2) is 5.38. The van der Waals surface area contributed by atoms with Crippen LogP contribution in [0.3, 0.4) is 0 Å². The molecular weight excluding hydrogens is 242 g/mol. The lowest BCUT2D eigenvalue weighted by molar-refractivity contribution is -0.140. The average molecular weight is 261 g/mol. The van der Waals surface area contributed by atoms with Crippen LogP contribution in [-0.2, 0) is 9.59 Å². The van der Waals surface area contributed by atoms with Gasteiger partial charge in [0, 0.05) is 11.7 Å². The summed E-state index contributed by atoms with van der Waals surface area (Å²) in [4.78, 5) is 29.6. The second-order valence-corrected chi connectivity index (χ2v) is 4.95. The summed E-state index contributed by atoms with van der Waals surface area (Å²) in [6.45, 7) is 5.76. The highest BCUT2D eigenvalue weighted by atomic mass is 16.2. The number of likely N-dealkylation sites (tertiary alicyclic amines) is 1. The molecule has 1 aromatic heterocycles. The number of pyridine rings is 1. The summed E-state index contributed by atoms with van der Waals surface area (Å²) in [5.74, 6) is -0.239. The Morgan fingerprint density at radius 3 is 2.79 bits per heavy atom. The number of carbonyl (C=O) groups is 2. The number of hydrogen-bond donors (Lipinski definition) is 1. The summed E-state index contributed by atoms with van der Waals surface area (Å²) in [5, 5.41) is 3.08. The van der Waals surface area contributed by atoms with Crippen LogP contribution in [0.4, 0.5) is 5.69 Å². The zero-order valence-electron chi connectivity index (χ0n) is 11.5. The van der Waals surface area contributed by atoms with Crippen molar-refractivity contribution < 1.29 is 9.59 Å². The first-order valence-electron chi connectivity index (χ1n) is 6.58. The molecule has 0 bridgehead atoms. The fourth-order valence-corrected chi connectivity index (χ4v) is 2.16. The van der Waals surface area contributed by atoms with Gasteiger partial charge in [-0.25, -0.2) is 0 Å². The Labute approximate surface area is 113 Å². The van der Waals surface area contributed by atoms with Gasteiger partial charge in [0.25, 0.3) is 5.91 Å². The highest BCUT2D eigenvalue weighted by molar-refractivity contribution is 6.07. The third kappa shape index (κ3) is 2.75. The fraction of sp³-hybridized carbons (Fsp3) is 0.500. The predicted octanol–water partition coefficient (Wildman–Crippen LogP) is 1.73. The highest BCUT2D eigenvalue weighted by Gasteiger charge is 2.40. The van der Waals surface area contributed by atoms with Crippen LogP contribution < -0.4 is 5.32 Å². The van der Waals surface area contributed by atoms with Gasteiger partial charge in [-0.15, -0.1) is 0 Å². The van der Waals surface area contributed by atoms with E-state index in [1.807, 2.05) is 32.9 Å². The summed E-state index contributed by atoms with van der Waals surface area (Å²) in [6.07, 6.45) is 2.67. The Kier molecular flexibility index (Phi) is 3.83. The van der Waals surface area contributed by atoms with E-state index in [9.17, 15) is 9.59 Å². The molecule has 0 aromatic carbocycles. The number of nitrogens with one attached hydrogen (secondary N) is 1. The number of nitrogens with zero attached hydrogens (tertiary/aromatic N) is 2. The van der Waals surface area contributed by atoms with E-state index in [1.54, 1.807) is 6.20 Å². The van der Waals surface area contributed by atoms with Gasteiger partial charge in [0.2, 0.25) is 5.91 Å². The van der Waals surface area contributed by atoms with Gasteiger partial charge in [-0.1, -0.05) is 6.92 Å². The molecule has 2 atom stereocenters. The molecular formula is C14H19N3O2. The minimum atomic E-state index is -0.467. The van der Waals surface area contributed by atoms with Crippen LogP contribution in [0.25, 0.3) is 0 Å². The van der Waals surface area contributed by atoms with Crippen LogP contribution in [0.1, 0.15) is 32.4 Å². The summed E-state index contributed by atoms with van der Waals surface area (Å²) in [5.41, 5.74) is 1.68. The van der Waals surface area contributed by atoms with E-state index in [-0.39, 0.29) is 24.3 Å². The number of anilines is 1. The van der Waals surface area contributed by atoms with Gasteiger partial charge in [0.15, 0.2) is 0 Å². The smallest absolute Gasteiger partial charge is 0.252 e. The van der Waals surface area contributed by atoms with E-state index in [0.29, 0.717) is 0 Å². The Balaban J connectivity index is 2.09. The summed E-state index contributed by atoms with van der Waals surface area (Å²) in [6, 6.07) is 3.23. The molecule has 0 spiro atoms. The lowest BCUT2D eigenvalue weighted by atomic mass is 10.2. The summed E-state index contributed by atoms with van der Waals surface area (Å²) < 4.78 is 0. The average Bonchev–Trinajstić information content (AvgIpc) is 2.66. The maximum atomic E-state index is 12.2. The third-order valence-electron chi connectivity index (χ3n) is 3.47. The van der Waals surface area contributed by atoms with Crippen molar-refractivity contribution in [2.45, 2.75) is 45.7 Å². The van der Waals surface area contributed by atoms with Gasteiger partial charge in [0.1, 0.15) is 6.04 Å². The van der Waals surface area contributed by atoms with Gasteiger partial charge in [-0.05, 0) is 32.4 Å². The first-order valence-corrected chi connectivity index (χ1v) is 6.58. The molecule has 1 aliphatic heterocycles. The molecule has 5 nitrogen and oxygen atoms in total. The van der Waals surface area contributed by atoms with Crippen molar-refractivity contribution >= 4 is 17.5 Å². The molecule has 2 unspecified atom stereocenters. The summed E-state index contributed by atoms with van der Waals surface area (Å²) in [7, 11) is 0. The van der Waals surface area contributed by atoms with Crippen molar-refractivity contribution in [1.29, 1.82) is 0 Å². The van der Waals surface area contributed by atoms with Crippen molar-refractivity contribution in [3.63, 3.8) is 0 Å². The number of aryl methyl sites for hydroxylation is 1. The molecule has 1 aliphatic rings. The van der Waals surface area contributed by atoms with Crippen molar-refractivity contribution in [2.75, 3.05) is 5.32 Å². The molecule has 2 heterocycles. The molecule has 1 fully saturated rings. The van der Waals surface area contributed by atoms with E-state index in [1.165, 1.54) is 4.90 Å². The molecule has 1 aromatic rings. The SMILES string of the molecule is CCC(C)N1C(=O)CC(Nc2ccc(C)nc2)C1=O. The molecule has 1 N–H and O–H groups in total. The largest absolute Gasteiger partial charge is 0.372 e. The summed E-state index contributed by atoms with van der Waals surface area (Å²) >= 11 is 0.